The van der Waals surface area contributed by atoms with Gasteiger partial charge in [0, 0.05) is 25.5 Å². The van der Waals surface area contributed by atoms with Gasteiger partial charge in [0.15, 0.2) is 0 Å². The van der Waals surface area contributed by atoms with Crippen LogP contribution in [0, 0.1) is 0 Å². The highest BCUT2D eigenvalue weighted by molar-refractivity contribution is 4.97. The molecule has 0 radical (unpaired) electrons. The topological polar surface area (TPSA) is 6.48 Å². The minimum atomic E-state index is 0.640. The molecular formula is C41H82N2. The molecule has 0 N–H and O–H groups in total. The molecule has 1 heterocycles. The molecule has 1 aliphatic rings. The fourth-order valence-corrected chi connectivity index (χ4v) is 7.07. The maximum Gasteiger partial charge on any atom is 0.101 e. The monoisotopic (exact) mass is 603 g/mol. The van der Waals surface area contributed by atoms with Gasteiger partial charge in [-0.15, -0.1) is 0 Å². The first-order chi connectivity index (χ1) is 21.3. The fourth-order valence-electron chi connectivity index (χ4n) is 7.07. The van der Waals surface area contributed by atoms with E-state index in [0.717, 1.165) is 0 Å². The summed E-state index contributed by atoms with van der Waals surface area (Å²) in [4.78, 5) is 5.41. The third-order valence-electron chi connectivity index (χ3n) is 10.1. The van der Waals surface area contributed by atoms with E-state index in [1.807, 2.05) is 0 Å². The molecule has 43 heavy (non-hydrogen) atoms. The average Bonchev–Trinajstić information content (AvgIpc) is 3.40. The SMILES string of the molecule is CCCCCCCCCCCCCCCCCN1C=CN(CCCCCC)C1CCCCCCCCCCCCCCC. The summed E-state index contributed by atoms with van der Waals surface area (Å²) >= 11 is 0. The third kappa shape index (κ3) is 25.2. The third-order valence-corrected chi connectivity index (χ3v) is 10.1. The van der Waals surface area contributed by atoms with E-state index >= 15 is 0 Å². The quantitative estimate of drug-likeness (QED) is 0.0666. The molecule has 0 aliphatic carbocycles. The van der Waals surface area contributed by atoms with Crippen LogP contribution in [0.4, 0.5) is 0 Å². The molecule has 0 aromatic heterocycles. The van der Waals surface area contributed by atoms with Crippen molar-refractivity contribution in [2.24, 2.45) is 0 Å². The van der Waals surface area contributed by atoms with Gasteiger partial charge in [-0.25, -0.2) is 0 Å². The molecule has 1 rings (SSSR count). The Balaban J connectivity index is 2.10. The Labute approximate surface area is 273 Å². The first-order valence-corrected chi connectivity index (χ1v) is 20.5. The lowest BCUT2D eigenvalue weighted by Crippen LogP contribution is -2.39. The number of rotatable bonds is 35. The molecule has 1 unspecified atom stereocenters. The molecule has 2 nitrogen and oxygen atoms in total. The van der Waals surface area contributed by atoms with Crippen LogP contribution < -0.4 is 0 Å². The van der Waals surface area contributed by atoms with E-state index in [0.29, 0.717) is 6.17 Å². The van der Waals surface area contributed by atoms with Crippen LogP contribution in [-0.2, 0) is 0 Å². The van der Waals surface area contributed by atoms with Crippen molar-refractivity contribution < 1.29 is 0 Å². The number of nitrogens with zero attached hydrogens (tertiary/aromatic N) is 2. The summed E-state index contributed by atoms with van der Waals surface area (Å²) in [5, 5.41) is 0. The normalized spacial score (nSPS) is 14.9. The number of hydrogen-bond acceptors (Lipinski definition) is 2. The maximum atomic E-state index is 2.71. The van der Waals surface area contributed by atoms with Crippen molar-refractivity contribution in [3.63, 3.8) is 0 Å². The lowest BCUT2D eigenvalue weighted by atomic mass is 10.0. The van der Waals surface area contributed by atoms with Gasteiger partial charge in [-0.05, 0) is 25.7 Å². The molecule has 0 fully saturated rings. The Morgan fingerprint density at radius 2 is 0.535 bits per heavy atom. The van der Waals surface area contributed by atoms with Crippen molar-refractivity contribution in [1.29, 1.82) is 0 Å². The van der Waals surface area contributed by atoms with E-state index in [9.17, 15) is 0 Å². The second-order valence-corrected chi connectivity index (χ2v) is 14.3. The highest BCUT2D eigenvalue weighted by Crippen LogP contribution is 2.24. The molecule has 0 spiro atoms. The van der Waals surface area contributed by atoms with Crippen LogP contribution in [0.15, 0.2) is 12.4 Å². The van der Waals surface area contributed by atoms with Gasteiger partial charge in [-0.1, -0.05) is 207 Å². The molecule has 0 amide bonds. The summed E-state index contributed by atoms with van der Waals surface area (Å²) < 4.78 is 0. The Kier molecular flexibility index (Phi) is 30.7. The zero-order chi connectivity index (χ0) is 30.9. The van der Waals surface area contributed by atoms with Gasteiger partial charge in [-0.3, -0.25) is 0 Å². The Morgan fingerprint density at radius 3 is 0.837 bits per heavy atom. The van der Waals surface area contributed by atoms with Crippen LogP contribution in [0.5, 0.6) is 0 Å². The van der Waals surface area contributed by atoms with Crippen molar-refractivity contribution in [2.75, 3.05) is 13.1 Å². The standard InChI is InChI=1S/C41H82N2/c1-4-7-10-13-15-17-19-21-22-24-26-28-30-32-35-38-43-40-39-42(37-34-12-9-6-3)41(43)36-33-31-29-27-25-23-20-18-16-14-11-8-5-2/h39-41H,4-38H2,1-3H3. The number of hydrogen-bond donors (Lipinski definition) is 0. The predicted octanol–water partition coefficient (Wildman–Crippen LogP) is 14.3. The zero-order valence-electron chi connectivity index (χ0n) is 30.4. The highest BCUT2D eigenvalue weighted by Gasteiger charge is 2.24. The molecule has 0 saturated heterocycles. The average molecular weight is 603 g/mol. The minimum absolute atomic E-state index is 0.640. The van der Waals surface area contributed by atoms with Crippen LogP contribution in [0.1, 0.15) is 233 Å². The van der Waals surface area contributed by atoms with Crippen molar-refractivity contribution in [2.45, 2.75) is 239 Å². The Bertz CT molecular complexity index is 558. The van der Waals surface area contributed by atoms with Crippen molar-refractivity contribution in [3.8, 4) is 0 Å². The largest absolute Gasteiger partial charge is 0.356 e. The van der Waals surface area contributed by atoms with Crippen molar-refractivity contribution >= 4 is 0 Å². The van der Waals surface area contributed by atoms with Gasteiger partial charge in [0.05, 0.1) is 0 Å². The van der Waals surface area contributed by atoms with Gasteiger partial charge in [0.25, 0.3) is 0 Å². The summed E-state index contributed by atoms with van der Waals surface area (Å²) in [6.45, 7) is 9.48. The van der Waals surface area contributed by atoms with Crippen LogP contribution >= 0.6 is 0 Å². The molecule has 0 aromatic carbocycles. The molecular weight excluding hydrogens is 520 g/mol. The molecule has 0 saturated carbocycles. The van der Waals surface area contributed by atoms with E-state index in [2.05, 4.69) is 43.0 Å². The van der Waals surface area contributed by atoms with Crippen molar-refractivity contribution in [1.82, 2.24) is 9.80 Å². The second kappa shape index (κ2) is 32.7. The lowest BCUT2D eigenvalue weighted by Gasteiger charge is -2.33. The first-order valence-electron chi connectivity index (χ1n) is 20.5. The van der Waals surface area contributed by atoms with Gasteiger partial charge in [0.1, 0.15) is 6.17 Å². The van der Waals surface area contributed by atoms with Gasteiger partial charge >= 0.3 is 0 Å². The second-order valence-electron chi connectivity index (χ2n) is 14.3. The highest BCUT2D eigenvalue weighted by atomic mass is 15.4. The summed E-state index contributed by atoms with van der Waals surface area (Å²) in [5.41, 5.74) is 0. The Hall–Kier alpha value is -0.660. The van der Waals surface area contributed by atoms with E-state index < -0.39 is 0 Å². The molecule has 1 atom stereocenters. The van der Waals surface area contributed by atoms with Crippen LogP contribution in [0.3, 0.4) is 0 Å². The fraction of sp³-hybridized carbons (Fsp3) is 0.951. The predicted molar refractivity (Wildman–Crippen MR) is 196 cm³/mol. The van der Waals surface area contributed by atoms with E-state index in [4.69, 9.17) is 0 Å². The van der Waals surface area contributed by atoms with E-state index in [1.54, 1.807) is 0 Å². The van der Waals surface area contributed by atoms with Crippen LogP contribution in [-0.4, -0.2) is 29.1 Å². The maximum absolute atomic E-state index is 2.71. The molecule has 256 valence electrons. The first kappa shape index (κ1) is 40.4. The summed E-state index contributed by atoms with van der Waals surface area (Å²) in [6, 6.07) is 0. The summed E-state index contributed by atoms with van der Waals surface area (Å²) in [7, 11) is 0. The summed E-state index contributed by atoms with van der Waals surface area (Å²) in [5.74, 6) is 0. The Morgan fingerprint density at radius 1 is 0.302 bits per heavy atom. The molecule has 0 aromatic rings. The molecule has 0 bridgehead atoms. The smallest absolute Gasteiger partial charge is 0.101 e. The minimum Gasteiger partial charge on any atom is -0.356 e. The van der Waals surface area contributed by atoms with E-state index in [-0.39, 0.29) is 0 Å². The molecule has 2 heteroatoms. The zero-order valence-corrected chi connectivity index (χ0v) is 30.4. The van der Waals surface area contributed by atoms with Crippen LogP contribution in [0.25, 0.3) is 0 Å². The van der Waals surface area contributed by atoms with Gasteiger partial charge in [-0.2, -0.15) is 0 Å². The number of unbranched alkanes of at least 4 members (excludes halogenated alkanes) is 29. The van der Waals surface area contributed by atoms with Gasteiger partial charge < -0.3 is 9.80 Å². The lowest BCUT2D eigenvalue weighted by molar-refractivity contribution is 0.135. The molecule has 1 aliphatic heterocycles. The summed E-state index contributed by atoms with van der Waals surface area (Å²) in [6.07, 6.45) is 53.0. The van der Waals surface area contributed by atoms with E-state index in [1.165, 1.54) is 225 Å². The van der Waals surface area contributed by atoms with Gasteiger partial charge in [0.2, 0.25) is 0 Å². The van der Waals surface area contributed by atoms with Crippen molar-refractivity contribution in [3.05, 3.63) is 12.4 Å². The van der Waals surface area contributed by atoms with Crippen LogP contribution in [0.2, 0.25) is 0 Å².